The van der Waals surface area contributed by atoms with Crippen LogP contribution in [0.1, 0.15) is 6.92 Å². The Kier molecular flexibility index (Phi) is 5.65. The maximum Gasteiger partial charge on any atom is 0.142 e. The summed E-state index contributed by atoms with van der Waals surface area (Å²) in [6.45, 7) is 9.69. The van der Waals surface area contributed by atoms with E-state index in [2.05, 4.69) is 18.2 Å². The minimum Gasteiger partial charge on any atom is -0.295 e. The Balaban J connectivity index is 4.42. The Labute approximate surface area is 73.6 Å². The van der Waals surface area contributed by atoms with Gasteiger partial charge in [-0.3, -0.25) is 5.01 Å². The van der Waals surface area contributed by atoms with Crippen molar-refractivity contribution in [2.45, 2.75) is 6.92 Å². The Morgan fingerprint density at radius 2 is 2.25 bits per heavy atom. The van der Waals surface area contributed by atoms with E-state index < -0.39 is 0 Å². The van der Waals surface area contributed by atoms with Gasteiger partial charge in [-0.05, 0) is 13.0 Å². The topological polar surface area (TPSA) is 41.6 Å². The molecule has 66 valence electrons. The van der Waals surface area contributed by atoms with Crippen LogP contribution in [-0.4, -0.2) is 17.4 Å². The lowest BCUT2D eigenvalue weighted by Crippen LogP contribution is -2.35. The van der Waals surface area contributed by atoms with E-state index in [1.165, 1.54) is 11.2 Å². The molecular formula is C9H15N3. The fourth-order valence-corrected chi connectivity index (χ4v) is 0.623. The maximum atomic E-state index is 5.61. The van der Waals surface area contributed by atoms with Crippen LogP contribution in [0.15, 0.2) is 42.6 Å². The third-order valence-corrected chi connectivity index (χ3v) is 1.24. The van der Waals surface area contributed by atoms with E-state index in [4.69, 9.17) is 5.84 Å². The lowest BCUT2D eigenvalue weighted by molar-refractivity contribution is 0.468. The molecule has 0 aromatic rings. The van der Waals surface area contributed by atoms with Gasteiger partial charge in [-0.1, -0.05) is 25.3 Å². The first-order valence-electron chi connectivity index (χ1n) is 3.76. The molecule has 0 saturated heterocycles. The summed E-state index contributed by atoms with van der Waals surface area (Å²) < 4.78 is 0. The summed E-state index contributed by atoms with van der Waals surface area (Å²) in [5.74, 6) is 6.29. The van der Waals surface area contributed by atoms with Crippen molar-refractivity contribution >= 4 is 5.84 Å². The van der Waals surface area contributed by atoms with Gasteiger partial charge in [0.25, 0.3) is 0 Å². The molecule has 0 aromatic carbocycles. The molecule has 0 spiro atoms. The largest absolute Gasteiger partial charge is 0.295 e. The SMILES string of the molecule is C=C/C=C\C(=NC=C)N(N)CC. The Morgan fingerprint density at radius 1 is 1.58 bits per heavy atom. The van der Waals surface area contributed by atoms with Gasteiger partial charge in [0.15, 0.2) is 0 Å². The van der Waals surface area contributed by atoms with Crippen molar-refractivity contribution in [3.05, 3.63) is 37.6 Å². The molecule has 0 radical (unpaired) electrons. The molecule has 12 heavy (non-hydrogen) atoms. The average molecular weight is 165 g/mol. The van der Waals surface area contributed by atoms with Gasteiger partial charge in [-0.15, -0.1) is 0 Å². The average Bonchev–Trinajstić information content (AvgIpc) is 2.11. The van der Waals surface area contributed by atoms with E-state index in [0.29, 0.717) is 12.4 Å². The number of allylic oxidation sites excluding steroid dienone is 2. The number of hydrazine groups is 1. The third-order valence-electron chi connectivity index (χ3n) is 1.24. The number of nitrogens with zero attached hydrogens (tertiary/aromatic N) is 2. The van der Waals surface area contributed by atoms with Crippen molar-refractivity contribution in [1.82, 2.24) is 5.01 Å². The first kappa shape index (κ1) is 10.7. The smallest absolute Gasteiger partial charge is 0.142 e. The molecule has 0 aliphatic rings. The van der Waals surface area contributed by atoms with E-state index in [9.17, 15) is 0 Å². The quantitative estimate of drug-likeness (QED) is 0.225. The first-order chi connectivity index (χ1) is 5.76. The fourth-order valence-electron chi connectivity index (χ4n) is 0.623. The maximum absolute atomic E-state index is 5.61. The minimum atomic E-state index is 0.674. The number of rotatable bonds is 4. The van der Waals surface area contributed by atoms with Crippen molar-refractivity contribution in [3.8, 4) is 0 Å². The number of amidine groups is 1. The summed E-state index contributed by atoms with van der Waals surface area (Å²) >= 11 is 0. The molecule has 0 aliphatic carbocycles. The monoisotopic (exact) mass is 165 g/mol. The highest BCUT2D eigenvalue weighted by molar-refractivity contribution is 5.93. The second-order valence-corrected chi connectivity index (χ2v) is 2.05. The summed E-state index contributed by atoms with van der Waals surface area (Å²) in [4.78, 5) is 3.98. The highest BCUT2D eigenvalue weighted by Crippen LogP contribution is 1.88. The van der Waals surface area contributed by atoms with Crippen LogP contribution in [0.25, 0.3) is 0 Å². The summed E-state index contributed by atoms with van der Waals surface area (Å²) in [5, 5.41) is 1.53. The van der Waals surface area contributed by atoms with Crippen LogP contribution in [0.3, 0.4) is 0 Å². The summed E-state index contributed by atoms with van der Waals surface area (Å²) in [6.07, 6.45) is 6.68. The summed E-state index contributed by atoms with van der Waals surface area (Å²) in [5.41, 5.74) is 0. The van der Waals surface area contributed by atoms with Gasteiger partial charge >= 0.3 is 0 Å². The Morgan fingerprint density at radius 3 is 2.67 bits per heavy atom. The van der Waals surface area contributed by atoms with E-state index in [-0.39, 0.29) is 0 Å². The Hall–Kier alpha value is -1.35. The predicted octanol–water partition coefficient (Wildman–Crippen LogP) is 1.47. The Bertz CT molecular complexity index is 204. The zero-order chi connectivity index (χ0) is 9.40. The van der Waals surface area contributed by atoms with Crippen LogP contribution in [0.2, 0.25) is 0 Å². The minimum absolute atomic E-state index is 0.674. The zero-order valence-corrected chi connectivity index (χ0v) is 7.40. The standard InChI is InChI=1S/C9H15N3/c1-4-7-8-9(11-5-2)12(10)6-3/h4-5,7-8H,1-2,6,10H2,3H3/b8-7-,11-9?. The number of hydrogen-bond donors (Lipinski definition) is 1. The molecular weight excluding hydrogens is 150 g/mol. The third kappa shape index (κ3) is 3.73. The molecule has 2 N–H and O–H groups in total. The van der Waals surface area contributed by atoms with Crippen LogP contribution in [0.4, 0.5) is 0 Å². The fraction of sp³-hybridized carbons (Fsp3) is 0.222. The van der Waals surface area contributed by atoms with Crippen LogP contribution < -0.4 is 5.84 Å². The van der Waals surface area contributed by atoms with Crippen molar-refractivity contribution in [2.75, 3.05) is 6.54 Å². The normalized spacial score (nSPS) is 11.7. The molecule has 0 bridgehead atoms. The molecule has 0 atom stereocenters. The van der Waals surface area contributed by atoms with Crippen LogP contribution in [-0.2, 0) is 0 Å². The number of likely N-dealkylation sites (N-methyl/N-ethyl adjacent to an activating group) is 1. The van der Waals surface area contributed by atoms with Gasteiger partial charge < -0.3 is 0 Å². The molecule has 3 nitrogen and oxygen atoms in total. The van der Waals surface area contributed by atoms with Gasteiger partial charge in [0.05, 0.1) is 0 Å². The highest BCUT2D eigenvalue weighted by atomic mass is 15.4. The number of aliphatic imine (C=N–C) groups is 1. The molecule has 0 saturated carbocycles. The van der Waals surface area contributed by atoms with Crippen LogP contribution >= 0.6 is 0 Å². The van der Waals surface area contributed by atoms with E-state index in [1.807, 2.05) is 6.92 Å². The molecule has 0 fully saturated rings. The molecule has 3 heteroatoms. The van der Waals surface area contributed by atoms with Crippen molar-refractivity contribution in [3.63, 3.8) is 0 Å². The van der Waals surface area contributed by atoms with E-state index in [0.717, 1.165) is 0 Å². The second-order valence-electron chi connectivity index (χ2n) is 2.05. The summed E-state index contributed by atoms with van der Waals surface area (Å²) in [6, 6.07) is 0. The molecule has 0 aromatic heterocycles. The van der Waals surface area contributed by atoms with Gasteiger partial charge in [-0.25, -0.2) is 10.8 Å². The molecule has 0 rings (SSSR count). The molecule has 0 amide bonds. The molecule has 0 heterocycles. The molecule has 0 aliphatic heterocycles. The van der Waals surface area contributed by atoms with Crippen molar-refractivity contribution in [1.29, 1.82) is 0 Å². The predicted molar refractivity (Wildman–Crippen MR) is 53.5 cm³/mol. The number of nitrogens with two attached hydrogens (primary N) is 1. The van der Waals surface area contributed by atoms with E-state index >= 15 is 0 Å². The first-order valence-corrected chi connectivity index (χ1v) is 3.76. The van der Waals surface area contributed by atoms with Crippen LogP contribution in [0.5, 0.6) is 0 Å². The van der Waals surface area contributed by atoms with Gasteiger partial charge in [0.1, 0.15) is 5.84 Å². The van der Waals surface area contributed by atoms with E-state index in [1.54, 1.807) is 18.2 Å². The number of hydrogen-bond acceptors (Lipinski definition) is 2. The highest BCUT2D eigenvalue weighted by Gasteiger charge is 1.97. The van der Waals surface area contributed by atoms with Crippen molar-refractivity contribution < 1.29 is 0 Å². The summed E-state index contributed by atoms with van der Waals surface area (Å²) in [7, 11) is 0. The lowest BCUT2D eigenvalue weighted by Gasteiger charge is -2.14. The van der Waals surface area contributed by atoms with Gasteiger partial charge in [-0.2, -0.15) is 0 Å². The van der Waals surface area contributed by atoms with Crippen LogP contribution in [0, 0.1) is 0 Å². The second kappa shape index (κ2) is 6.37. The molecule has 0 unspecified atom stereocenters. The van der Waals surface area contributed by atoms with Gasteiger partial charge in [0, 0.05) is 12.7 Å². The van der Waals surface area contributed by atoms with Crippen molar-refractivity contribution in [2.24, 2.45) is 10.8 Å². The lowest BCUT2D eigenvalue weighted by atomic mass is 10.4. The van der Waals surface area contributed by atoms with Gasteiger partial charge in [0.2, 0.25) is 0 Å². The zero-order valence-electron chi connectivity index (χ0n) is 7.40.